The molecule has 0 radical (unpaired) electrons. The summed E-state index contributed by atoms with van der Waals surface area (Å²) in [5.41, 5.74) is 6.30. The standard InChI is InChI=1S/C26H21F3N8O2/c27-26(28,29)15-2-4-18-19(12-15)35-24(38)23(34-18)22-21(30)16-11-14(1-3-17(16)33-22)25(39)37-9-7-36(8-10-37)20-13-31-5-6-32-20/h1-6,11-13,33H,7-10,30H2,(H,35,38). The molecule has 13 heteroatoms. The summed E-state index contributed by atoms with van der Waals surface area (Å²) in [6, 6.07) is 7.97. The quantitative estimate of drug-likeness (QED) is 0.323. The minimum Gasteiger partial charge on any atom is -0.396 e. The highest BCUT2D eigenvalue weighted by Crippen LogP contribution is 2.33. The molecule has 1 aliphatic heterocycles. The van der Waals surface area contributed by atoms with E-state index < -0.39 is 17.3 Å². The molecule has 4 heterocycles. The highest BCUT2D eigenvalue weighted by molar-refractivity contribution is 6.04. The van der Waals surface area contributed by atoms with Crippen molar-refractivity contribution in [2.45, 2.75) is 6.18 Å². The number of H-pyrrole nitrogens is 2. The Morgan fingerprint density at radius 2 is 1.77 bits per heavy atom. The van der Waals surface area contributed by atoms with E-state index in [0.29, 0.717) is 42.6 Å². The maximum absolute atomic E-state index is 13.3. The number of aromatic nitrogens is 5. The van der Waals surface area contributed by atoms with Gasteiger partial charge in [-0.05, 0) is 36.4 Å². The van der Waals surface area contributed by atoms with Crippen LogP contribution in [-0.4, -0.2) is 61.9 Å². The number of nitrogens with zero attached hydrogens (tertiary/aromatic N) is 5. The van der Waals surface area contributed by atoms with Crippen molar-refractivity contribution in [1.82, 2.24) is 29.8 Å². The molecule has 0 saturated carbocycles. The van der Waals surface area contributed by atoms with Crippen molar-refractivity contribution < 1.29 is 18.0 Å². The third kappa shape index (κ3) is 4.41. The van der Waals surface area contributed by atoms with Gasteiger partial charge in [-0.15, -0.1) is 0 Å². The first-order chi connectivity index (χ1) is 18.7. The largest absolute Gasteiger partial charge is 0.416 e. The van der Waals surface area contributed by atoms with Gasteiger partial charge in [-0.3, -0.25) is 14.6 Å². The summed E-state index contributed by atoms with van der Waals surface area (Å²) in [5.74, 6) is 0.608. The minimum absolute atomic E-state index is 0.0412. The number of alkyl halides is 3. The molecular weight excluding hydrogens is 513 g/mol. The third-order valence-corrected chi connectivity index (χ3v) is 6.78. The van der Waals surface area contributed by atoms with Crippen LogP contribution < -0.4 is 16.2 Å². The normalized spacial score (nSPS) is 14.3. The molecule has 4 N–H and O–H groups in total. The van der Waals surface area contributed by atoms with Crippen LogP contribution in [0, 0.1) is 0 Å². The second-order valence-corrected chi connectivity index (χ2v) is 9.16. The number of benzene rings is 2. The fraction of sp³-hybridized carbons (Fsp3) is 0.192. The van der Waals surface area contributed by atoms with Gasteiger partial charge in [0.2, 0.25) is 0 Å². The smallest absolute Gasteiger partial charge is 0.396 e. The number of hydrogen-bond acceptors (Lipinski definition) is 7. The number of nitrogen functional groups attached to an aromatic ring is 1. The second kappa shape index (κ2) is 9.11. The van der Waals surface area contributed by atoms with Crippen molar-refractivity contribution in [3.05, 3.63) is 76.5 Å². The molecule has 1 aliphatic rings. The van der Waals surface area contributed by atoms with Crippen molar-refractivity contribution in [2.75, 3.05) is 36.8 Å². The topological polar surface area (TPSA) is 137 Å². The zero-order valence-corrected chi connectivity index (χ0v) is 20.3. The van der Waals surface area contributed by atoms with Crippen molar-refractivity contribution in [1.29, 1.82) is 0 Å². The van der Waals surface area contributed by atoms with Crippen LogP contribution in [0.3, 0.4) is 0 Å². The van der Waals surface area contributed by atoms with Crippen LogP contribution in [0.1, 0.15) is 15.9 Å². The molecule has 0 spiro atoms. The molecular formula is C26H21F3N8O2. The van der Waals surface area contributed by atoms with Crippen LogP contribution in [-0.2, 0) is 6.18 Å². The lowest BCUT2D eigenvalue weighted by Crippen LogP contribution is -2.49. The maximum Gasteiger partial charge on any atom is 0.416 e. The van der Waals surface area contributed by atoms with Crippen molar-refractivity contribution in [3.63, 3.8) is 0 Å². The molecule has 1 fully saturated rings. The van der Waals surface area contributed by atoms with E-state index >= 15 is 0 Å². The number of rotatable bonds is 3. The number of aromatic amines is 2. The Bertz CT molecular complexity index is 1770. The molecule has 0 atom stereocenters. The van der Waals surface area contributed by atoms with Gasteiger partial charge >= 0.3 is 6.18 Å². The number of nitrogens with two attached hydrogens (primary N) is 1. The summed E-state index contributed by atoms with van der Waals surface area (Å²) in [4.78, 5) is 48.0. The number of halogens is 3. The van der Waals surface area contributed by atoms with E-state index in [1.807, 2.05) is 0 Å². The summed E-state index contributed by atoms with van der Waals surface area (Å²) in [5, 5.41) is 0.530. The Morgan fingerprint density at radius 1 is 0.974 bits per heavy atom. The van der Waals surface area contributed by atoms with Gasteiger partial charge in [0.25, 0.3) is 11.5 Å². The van der Waals surface area contributed by atoms with E-state index in [0.717, 1.165) is 18.0 Å². The Kier molecular flexibility index (Phi) is 5.70. The zero-order valence-electron chi connectivity index (χ0n) is 20.3. The maximum atomic E-state index is 13.3. The summed E-state index contributed by atoms with van der Waals surface area (Å²) < 4.78 is 39.2. The van der Waals surface area contributed by atoms with E-state index in [1.54, 1.807) is 41.7 Å². The Labute approximate surface area is 218 Å². The van der Waals surface area contributed by atoms with Gasteiger partial charge in [0.1, 0.15) is 5.82 Å². The molecule has 0 bridgehead atoms. The summed E-state index contributed by atoms with van der Waals surface area (Å²) >= 11 is 0. The average Bonchev–Trinajstić information content (AvgIpc) is 3.27. The number of nitrogens with one attached hydrogen (secondary N) is 2. The highest BCUT2D eigenvalue weighted by atomic mass is 19.4. The van der Waals surface area contributed by atoms with Crippen LogP contribution in [0.4, 0.5) is 24.7 Å². The second-order valence-electron chi connectivity index (χ2n) is 9.16. The SMILES string of the molecule is Nc1c(-c2nc3ccc(C(F)(F)F)cc3[nH]c2=O)[nH]c2ccc(C(=O)N3CCN(c4cnccn4)CC3)cc12. The average molecular weight is 535 g/mol. The van der Waals surface area contributed by atoms with E-state index in [1.165, 1.54) is 6.07 Å². The van der Waals surface area contributed by atoms with Gasteiger partial charge in [0, 0.05) is 55.0 Å². The van der Waals surface area contributed by atoms with Gasteiger partial charge in [-0.1, -0.05) is 0 Å². The van der Waals surface area contributed by atoms with Gasteiger partial charge in [-0.2, -0.15) is 13.2 Å². The molecule has 5 aromatic rings. The molecule has 1 saturated heterocycles. The highest BCUT2D eigenvalue weighted by Gasteiger charge is 2.31. The van der Waals surface area contributed by atoms with Gasteiger partial charge in [0.15, 0.2) is 5.69 Å². The lowest BCUT2D eigenvalue weighted by Gasteiger charge is -2.35. The van der Waals surface area contributed by atoms with E-state index in [2.05, 4.69) is 29.8 Å². The predicted molar refractivity (Wildman–Crippen MR) is 139 cm³/mol. The molecule has 2 aromatic carbocycles. The predicted octanol–water partition coefficient (Wildman–Crippen LogP) is 3.42. The van der Waals surface area contributed by atoms with Crippen molar-refractivity contribution in [3.8, 4) is 11.4 Å². The number of carbonyl (C=O) groups is 1. The molecule has 6 rings (SSSR count). The molecule has 10 nitrogen and oxygen atoms in total. The molecule has 39 heavy (non-hydrogen) atoms. The van der Waals surface area contributed by atoms with Crippen LogP contribution >= 0.6 is 0 Å². The molecule has 0 unspecified atom stereocenters. The monoisotopic (exact) mass is 534 g/mol. The zero-order chi connectivity index (χ0) is 27.3. The van der Waals surface area contributed by atoms with E-state index in [-0.39, 0.29) is 34.0 Å². The lowest BCUT2D eigenvalue weighted by atomic mass is 10.1. The lowest BCUT2D eigenvalue weighted by molar-refractivity contribution is -0.137. The molecule has 0 aliphatic carbocycles. The first kappa shape index (κ1) is 24.4. The molecule has 3 aromatic heterocycles. The van der Waals surface area contributed by atoms with Crippen molar-refractivity contribution >= 4 is 39.3 Å². The number of amides is 1. The first-order valence-corrected chi connectivity index (χ1v) is 12.0. The van der Waals surface area contributed by atoms with Crippen molar-refractivity contribution in [2.24, 2.45) is 0 Å². The summed E-state index contributed by atoms with van der Waals surface area (Å²) in [6.45, 7) is 2.25. The number of hydrogen-bond donors (Lipinski definition) is 3. The summed E-state index contributed by atoms with van der Waals surface area (Å²) in [6.07, 6.45) is 0.372. The molecule has 1 amide bonds. The number of anilines is 2. The third-order valence-electron chi connectivity index (χ3n) is 6.78. The minimum atomic E-state index is -4.55. The fourth-order valence-corrected chi connectivity index (χ4v) is 4.74. The van der Waals surface area contributed by atoms with Crippen LogP contribution in [0.15, 0.2) is 59.8 Å². The fourth-order valence-electron chi connectivity index (χ4n) is 4.74. The Hall–Kier alpha value is -4.94. The van der Waals surface area contributed by atoms with Gasteiger partial charge in [-0.25, -0.2) is 9.97 Å². The Balaban J connectivity index is 1.28. The number of fused-ring (bicyclic) bond motifs is 2. The number of carbonyl (C=O) groups excluding carboxylic acids is 1. The van der Waals surface area contributed by atoms with E-state index in [4.69, 9.17) is 5.73 Å². The van der Waals surface area contributed by atoms with Crippen LogP contribution in [0.5, 0.6) is 0 Å². The van der Waals surface area contributed by atoms with Gasteiger partial charge in [0.05, 0.1) is 34.2 Å². The van der Waals surface area contributed by atoms with E-state index in [9.17, 15) is 22.8 Å². The number of piperazine rings is 1. The first-order valence-electron chi connectivity index (χ1n) is 12.0. The molecule has 198 valence electrons. The van der Waals surface area contributed by atoms with Gasteiger partial charge < -0.3 is 25.5 Å². The van der Waals surface area contributed by atoms with Crippen LogP contribution in [0.25, 0.3) is 33.3 Å². The Morgan fingerprint density at radius 3 is 2.49 bits per heavy atom. The van der Waals surface area contributed by atoms with Crippen LogP contribution in [0.2, 0.25) is 0 Å². The summed E-state index contributed by atoms with van der Waals surface area (Å²) in [7, 11) is 0.